The first-order valence-electron chi connectivity index (χ1n) is 5.62. The number of hydrogen-bond acceptors (Lipinski definition) is 3. The van der Waals surface area contributed by atoms with Crippen LogP contribution >= 0.6 is 50.9 Å². The molecule has 1 aliphatic heterocycles. The fraction of sp³-hybridized carbons (Fsp3) is 0.417. The summed E-state index contributed by atoms with van der Waals surface area (Å²) in [5, 5.41) is 5.75. The number of nitrogens with zero attached hydrogens (tertiary/aromatic N) is 1. The zero-order chi connectivity index (χ0) is 13.3. The number of aliphatic imine (C=N–C) groups is 1. The molecule has 6 heteroatoms. The molecule has 2 atom stereocenters. The summed E-state index contributed by atoms with van der Waals surface area (Å²) in [5.41, 5.74) is 0.789. The molecule has 18 heavy (non-hydrogen) atoms. The quantitative estimate of drug-likeness (QED) is 0.668. The molecule has 0 aliphatic carbocycles. The van der Waals surface area contributed by atoms with Gasteiger partial charge in [0.15, 0.2) is 5.17 Å². The van der Waals surface area contributed by atoms with E-state index in [-0.39, 0.29) is 0 Å². The van der Waals surface area contributed by atoms with E-state index in [0.717, 1.165) is 21.7 Å². The summed E-state index contributed by atoms with van der Waals surface area (Å²) in [7, 11) is 0. The Bertz CT molecular complexity index is 493. The summed E-state index contributed by atoms with van der Waals surface area (Å²) in [6.07, 6.45) is 1.10. The van der Waals surface area contributed by atoms with Crippen molar-refractivity contribution in [3.05, 3.63) is 26.7 Å². The predicted molar refractivity (Wildman–Crippen MR) is 86.4 cm³/mol. The smallest absolute Gasteiger partial charge is 0.161 e. The average molecular weight is 368 g/mol. The molecule has 2 rings (SSSR count). The van der Waals surface area contributed by atoms with E-state index >= 15 is 0 Å². The summed E-state index contributed by atoms with van der Waals surface area (Å²) in [4.78, 5) is 4.58. The van der Waals surface area contributed by atoms with Gasteiger partial charge in [-0.2, -0.15) is 0 Å². The van der Waals surface area contributed by atoms with Gasteiger partial charge in [-0.3, -0.25) is 4.99 Å². The van der Waals surface area contributed by atoms with Crippen LogP contribution < -0.4 is 5.32 Å². The van der Waals surface area contributed by atoms with E-state index in [1.165, 1.54) is 0 Å². The highest BCUT2D eigenvalue weighted by Gasteiger charge is 2.19. The van der Waals surface area contributed by atoms with E-state index < -0.39 is 0 Å². The molecule has 0 saturated carbocycles. The molecule has 1 aromatic carbocycles. The second-order valence-corrected chi connectivity index (χ2v) is 7.33. The van der Waals surface area contributed by atoms with E-state index in [2.05, 4.69) is 40.1 Å². The lowest BCUT2D eigenvalue weighted by molar-refractivity contribution is 0.661. The van der Waals surface area contributed by atoms with Crippen molar-refractivity contribution in [2.45, 2.75) is 31.6 Å². The van der Waals surface area contributed by atoms with Gasteiger partial charge in [-0.1, -0.05) is 41.9 Å². The van der Waals surface area contributed by atoms with Crippen LogP contribution in [0.25, 0.3) is 0 Å². The lowest BCUT2D eigenvalue weighted by Gasteiger charge is -2.23. The fourth-order valence-electron chi connectivity index (χ4n) is 1.80. The van der Waals surface area contributed by atoms with Gasteiger partial charge in [0.25, 0.3) is 0 Å². The number of thioether (sulfide) groups is 1. The Labute approximate surface area is 130 Å². The standard InChI is InChI=1S/C12H13BrCl2N2S/c1-6-5-7(2)18-12(16-6)17-9-4-3-8(13)10(14)11(9)15/h3-4,6-7H,5H2,1-2H3,(H,16,17). The number of hydrogen-bond donors (Lipinski definition) is 1. The van der Waals surface area contributed by atoms with Crippen LogP contribution in [0.15, 0.2) is 21.6 Å². The first-order valence-corrected chi connectivity index (χ1v) is 8.05. The second-order valence-electron chi connectivity index (χ2n) is 4.30. The molecule has 1 aromatic rings. The maximum atomic E-state index is 6.20. The number of halogens is 3. The second kappa shape index (κ2) is 6.04. The van der Waals surface area contributed by atoms with Gasteiger partial charge in [-0.25, -0.2) is 0 Å². The van der Waals surface area contributed by atoms with E-state index in [1.54, 1.807) is 11.8 Å². The summed E-state index contributed by atoms with van der Waals surface area (Å²) >= 11 is 17.4. The monoisotopic (exact) mass is 366 g/mol. The van der Waals surface area contributed by atoms with Crippen molar-refractivity contribution in [3.8, 4) is 0 Å². The Morgan fingerprint density at radius 1 is 1.33 bits per heavy atom. The molecule has 0 bridgehead atoms. The minimum atomic E-state index is 0.341. The van der Waals surface area contributed by atoms with Crippen LogP contribution in [0.3, 0.4) is 0 Å². The van der Waals surface area contributed by atoms with Gasteiger partial charge >= 0.3 is 0 Å². The van der Waals surface area contributed by atoms with Gasteiger partial charge in [-0.15, -0.1) is 0 Å². The van der Waals surface area contributed by atoms with Crippen molar-refractivity contribution < 1.29 is 0 Å². The zero-order valence-corrected chi connectivity index (χ0v) is 13.9. The molecule has 1 N–H and O–H groups in total. The first kappa shape index (κ1) is 14.5. The van der Waals surface area contributed by atoms with Gasteiger partial charge in [0, 0.05) is 9.72 Å². The molecule has 0 fully saturated rings. The Hall–Kier alpha value is 0.1000. The number of nitrogens with one attached hydrogen (secondary N) is 1. The predicted octanol–water partition coefficient (Wildman–Crippen LogP) is 5.44. The fourth-order valence-corrected chi connectivity index (χ4v) is 3.79. The van der Waals surface area contributed by atoms with Gasteiger partial charge < -0.3 is 5.32 Å². The molecule has 2 unspecified atom stereocenters. The van der Waals surface area contributed by atoms with Gasteiger partial charge in [0.1, 0.15) is 0 Å². The molecule has 0 spiro atoms. The third-order valence-electron chi connectivity index (χ3n) is 2.60. The molecule has 0 radical (unpaired) electrons. The minimum Gasteiger partial charge on any atom is -0.334 e. The normalized spacial score (nSPS) is 23.7. The van der Waals surface area contributed by atoms with Crippen LogP contribution in [-0.4, -0.2) is 16.5 Å². The lowest BCUT2D eigenvalue weighted by Crippen LogP contribution is -2.22. The van der Waals surface area contributed by atoms with Gasteiger partial charge in [0.05, 0.1) is 21.8 Å². The molecule has 2 nitrogen and oxygen atoms in total. The molecule has 0 aromatic heterocycles. The highest BCUT2D eigenvalue weighted by Crippen LogP contribution is 2.37. The lowest BCUT2D eigenvalue weighted by atomic mass is 10.2. The van der Waals surface area contributed by atoms with Crippen molar-refractivity contribution in [1.82, 2.24) is 0 Å². The number of rotatable bonds is 1. The van der Waals surface area contributed by atoms with Crippen LogP contribution in [0.5, 0.6) is 0 Å². The van der Waals surface area contributed by atoms with Gasteiger partial charge in [0.2, 0.25) is 0 Å². The van der Waals surface area contributed by atoms with Crippen molar-refractivity contribution in [3.63, 3.8) is 0 Å². The molecule has 98 valence electrons. The van der Waals surface area contributed by atoms with Crippen molar-refractivity contribution in [2.24, 2.45) is 4.99 Å². The Morgan fingerprint density at radius 2 is 2.06 bits per heavy atom. The molecular formula is C12H13BrCl2N2S. The first-order chi connectivity index (χ1) is 8.47. The van der Waals surface area contributed by atoms with E-state index in [1.807, 2.05) is 12.1 Å². The number of amidine groups is 1. The third-order valence-corrected chi connectivity index (χ3v) is 5.40. The van der Waals surface area contributed by atoms with Crippen LogP contribution in [0, 0.1) is 0 Å². The Balaban J connectivity index is 2.22. The summed E-state index contributed by atoms with van der Waals surface area (Å²) in [5.74, 6) is 0. The Morgan fingerprint density at radius 3 is 2.72 bits per heavy atom. The van der Waals surface area contributed by atoms with E-state index in [4.69, 9.17) is 23.2 Å². The van der Waals surface area contributed by atoms with Crippen LogP contribution in [0.1, 0.15) is 20.3 Å². The SMILES string of the molecule is CC1CC(C)SC(Nc2ccc(Br)c(Cl)c2Cl)=N1. The number of anilines is 1. The van der Waals surface area contributed by atoms with Crippen molar-refractivity contribution in [1.29, 1.82) is 0 Å². The molecule has 0 saturated heterocycles. The Kier molecular flexibility index (Phi) is 4.86. The van der Waals surface area contributed by atoms with Crippen LogP contribution in [-0.2, 0) is 0 Å². The zero-order valence-electron chi connectivity index (χ0n) is 10.0. The molecule has 1 aliphatic rings. The molecular weight excluding hydrogens is 355 g/mol. The molecule has 1 heterocycles. The summed E-state index contributed by atoms with van der Waals surface area (Å²) in [6, 6.07) is 4.11. The largest absolute Gasteiger partial charge is 0.334 e. The highest BCUT2D eigenvalue weighted by atomic mass is 79.9. The topological polar surface area (TPSA) is 24.4 Å². The van der Waals surface area contributed by atoms with Crippen LogP contribution in [0.2, 0.25) is 10.0 Å². The van der Waals surface area contributed by atoms with Gasteiger partial charge in [-0.05, 0) is 41.4 Å². The van der Waals surface area contributed by atoms with Crippen LogP contribution in [0.4, 0.5) is 5.69 Å². The maximum Gasteiger partial charge on any atom is 0.161 e. The average Bonchev–Trinajstić information content (AvgIpc) is 2.29. The highest BCUT2D eigenvalue weighted by molar-refractivity contribution is 9.10. The minimum absolute atomic E-state index is 0.341. The summed E-state index contributed by atoms with van der Waals surface area (Å²) in [6.45, 7) is 4.32. The van der Waals surface area contributed by atoms with E-state index in [9.17, 15) is 0 Å². The van der Waals surface area contributed by atoms with E-state index in [0.29, 0.717) is 21.3 Å². The third kappa shape index (κ3) is 3.35. The maximum absolute atomic E-state index is 6.20. The van der Waals surface area contributed by atoms with Crippen molar-refractivity contribution in [2.75, 3.05) is 5.32 Å². The van der Waals surface area contributed by atoms with Crippen molar-refractivity contribution >= 4 is 61.7 Å². The number of benzene rings is 1. The molecule has 0 amide bonds. The summed E-state index contributed by atoms with van der Waals surface area (Å²) < 4.78 is 0.791.